The lowest BCUT2D eigenvalue weighted by atomic mass is 9.68. The Morgan fingerprint density at radius 1 is 0.919 bits per heavy atom. The van der Waals surface area contributed by atoms with E-state index in [1.807, 2.05) is 6.08 Å². The molecular weight excluding hydrogens is 506 g/mol. The van der Waals surface area contributed by atoms with Crippen molar-refractivity contribution in [2.75, 3.05) is 0 Å². The van der Waals surface area contributed by atoms with Gasteiger partial charge in [0.15, 0.2) is 0 Å². The Balaban J connectivity index is 1.15. The molecule has 0 aromatic rings. The average molecular weight is 532 g/mol. The number of ether oxygens (including phenoxy) is 2. The highest BCUT2D eigenvalue weighted by Gasteiger charge is 2.77. The van der Waals surface area contributed by atoms with Crippen molar-refractivity contribution in [3.8, 4) is 0 Å². The van der Waals surface area contributed by atoms with Crippen molar-refractivity contribution >= 4 is 11.9 Å². The maximum atomic E-state index is 13.5. The fraction of sp³-hybridized carbons (Fsp3) is 0.769. The molecule has 11 heteroatoms. The van der Waals surface area contributed by atoms with Gasteiger partial charge in [0.2, 0.25) is 0 Å². The summed E-state index contributed by atoms with van der Waals surface area (Å²) in [5.41, 5.74) is -4.12. The van der Waals surface area contributed by atoms with Crippen molar-refractivity contribution in [2.24, 2.45) is 59.2 Å². The van der Waals surface area contributed by atoms with Crippen LogP contribution in [0.15, 0.2) is 23.8 Å². The third-order valence-corrected chi connectivity index (χ3v) is 10.7. The van der Waals surface area contributed by atoms with Gasteiger partial charge in [-0.3, -0.25) is 9.59 Å². The molecule has 1 heterocycles. The first-order valence-electron chi connectivity index (χ1n) is 13.0. The number of allylic oxidation sites excluding steroid dienone is 4. The summed E-state index contributed by atoms with van der Waals surface area (Å²) in [6.45, 7) is 0. The number of hydrogen-bond acceptors (Lipinski definition) is 5. The number of halogens is 6. The minimum absolute atomic E-state index is 0.0650. The van der Waals surface area contributed by atoms with Crippen molar-refractivity contribution in [1.29, 1.82) is 0 Å². The van der Waals surface area contributed by atoms with E-state index in [0.29, 0.717) is 17.9 Å². The quantitative estimate of drug-likeness (QED) is 0.331. The van der Waals surface area contributed by atoms with Crippen molar-refractivity contribution in [2.45, 2.75) is 62.3 Å². The monoisotopic (exact) mass is 532 g/mol. The molecule has 202 valence electrons. The zero-order chi connectivity index (χ0) is 26.2. The largest absolute Gasteiger partial charge is 0.458 e. The number of rotatable bonds is 4. The van der Waals surface area contributed by atoms with Crippen molar-refractivity contribution in [1.82, 2.24) is 0 Å². The first kappa shape index (κ1) is 24.0. The Kier molecular flexibility index (Phi) is 4.76. The molecule has 5 fully saturated rings. The highest BCUT2D eigenvalue weighted by molar-refractivity contribution is 5.79. The van der Waals surface area contributed by atoms with Gasteiger partial charge in [-0.1, -0.05) is 23.8 Å². The third kappa shape index (κ3) is 3.03. The van der Waals surface area contributed by atoms with Crippen LogP contribution in [0.25, 0.3) is 0 Å². The fourth-order valence-electron chi connectivity index (χ4n) is 9.23. The molecule has 0 aromatic carbocycles. The van der Waals surface area contributed by atoms with Crippen molar-refractivity contribution in [3.05, 3.63) is 23.8 Å². The molecule has 6 aliphatic carbocycles. The summed E-state index contributed by atoms with van der Waals surface area (Å²) >= 11 is 0. The Morgan fingerprint density at radius 2 is 1.65 bits per heavy atom. The van der Waals surface area contributed by atoms with Crippen LogP contribution in [0.1, 0.15) is 32.1 Å². The number of carbonyl (C=O) groups excluding carboxylic acids is 2. The van der Waals surface area contributed by atoms with Crippen molar-refractivity contribution < 1.29 is 50.5 Å². The van der Waals surface area contributed by atoms with Gasteiger partial charge in [0.05, 0.1) is 11.8 Å². The zero-order valence-corrected chi connectivity index (χ0v) is 19.5. The lowest BCUT2D eigenvalue weighted by Gasteiger charge is -2.41. The number of fused-ring (bicyclic) bond motifs is 5. The van der Waals surface area contributed by atoms with E-state index in [9.17, 15) is 41.0 Å². The first-order valence-corrected chi connectivity index (χ1v) is 13.0. The second-order valence-corrected chi connectivity index (χ2v) is 12.2. The molecule has 1 N–H and O–H groups in total. The van der Waals surface area contributed by atoms with Crippen LogP contribution in [-0.4, -0.2) is 47.2 Å². The van der Waals surface area contributed by atoms with E-state index in [0.717, 1.165) is 12.8 Å². The summed E-state index contributed by atoms with van der Waals surface area (Å²) in [5, 5.41) is 9.98. The minimum Gasteiger partial charge on any atom is -0.458 e. The second kappa shape index (κ2) is 7.33. The summed E-state index contributed by atoms with van der Waals surface area (Å²) in [6.07, 6.45) is -5.56. The van der Waals surface area contributed by atoms with E-state index < -0.39 is 72.1 Å². The Morgan fingerprint density at radius 3 is 2.22 bits per heavy atom. The molecule has 4 saturated carbocycles. The predicted molar refractivity (Wildman–Crippen MR) is 112 cm³/mol. The van der Waals surface area contributed by atoms with Crippen LogP contribution in [0.2, 0.25) is 0 Å². The normalized spacial score (nSPS) is 47.2. The molecule has 12 unspecified atom stereocenters. The smallest absolute Gasteiger partial charge is 0.426 e. The summed E-state index contributed by atoms with van der Waals surface area (Å²) in [4.78, 5) is 25.9. The summed E-state index contributed by atoms with van der Waals surface area (Å²) in [5.74, 6) is -5.67. The van der Waals surface area contributed by atoms with E-state index >= 15 is 0 Å². The van der Waals surface area contributed by atoms with E-state index in [1.165, 1.54) is 6.08 Å². The summed E-state index contributed by atoms with van der Waals surface area (Å²) in [6, 6.07) is 0. The molecule has 0 amide bonds. The molecule has 12 atom stereocenters. The minimum atomic E-state index is -5.86. The molecule has 37 heavy (non-hydrogen) atoms. The van der Waals surface area contributed by atoms with Crippen LogP contribution in [0, 0.1) is 59.2 Å². The van der Waals surface area contributed by atoms with Gasteiger partial charge >= 0.3 is 24.3 Å². The lowest BCUT2D eigenvalue weighted by Crippen LogP contribution is -2.62. The molecular formula is C26H26F6O5. The van der Waals surface area contributed by atoms with Gasteiger partial charge in [-0.25, -0.2) is 0 Å². The Bertz CT molecular complexity index is 1100. The number of aliphatic hydroxyl groups is 1. The van der Waals surface area contributed by atoms with Crippen LogP contribution in [-0.2, 0) is 19.1 Å². The molecule has 0 radical (unpaired) electrons. The van der Waals surface area contributed by atoms with Crippen LogP contribution >= 0.6 is 0 Å². The first-order chi connectivity index (χ1) is 17.3. The molecule has 7 aliphatic rings. The molecule has 1 saturated heterocycles. The number of esters is 2. The third-order valence-electron chi connectivity index (χ3n) is 10.7. The maximum absolute atomic E-state index is 13.5. The second-order valence-electron chi connectivity index (χ2n) is 12.2. The maximum Gasteiger partial charge on any atom is 0.426 e. The van der Waals surface area contributed by atoms with Crippen LogP contribution in [0.4, 0.5) is 26.3 Å². The predicted octanol–water partition coefficient (Wildman–Crippen LogP) is 4.36. The Labute approximate surface area is 208 Å². The van der Waals surface area contributed by atoms with Crippen LogP contribution in [0.3, 0.4) is 0 Å². The Hall–Kier alpha value is -2.04. The highest BCUT2D eigenvalue weighted by atomic mass is 19.4. The zero-order valence-electron chi connectivity index (χ0n) is 19.5. The van der Waals surface area contributed by atoms with E-state index in [4.69, 9.17) is 9.47 Å². The molecule has 5 nitrogen and oxygen atoms in total. The van der Waals surface area contributed by atoms with Gasteiger partial charge in [-0.15, -0.1) is 0 Å². The van der Waals surface area contributed by atoms with Gasteiger partial charge in [-0.2, -0.15) is 26.3 Å². The van der Waals surface area contributed by atoms with E-state index in [2.05, 4.69) is 6.08 Å². The van der Waals surface area contributed by atoms with Crippen LogP contribution in [0.5, 0.6) is 0 Å². The molecule has 0 aromatic heterocycles. The highest BCUT2D eigenvalue weighted by Crippen LogP contribution is 2.66. The number of alkyl halides is 6. The summed E-state index contributed by atoms with van der Waals surface area (Å²) < 4.78 is 92.7. The van der Waals surface area contributed by atoms with Crippen LogP contribution < -0.4 is 0 Å². The molecule has 1 aliphatic heterocycles. The molecule has 7 rings (SSSR count). The van der Waals surface area contributed by atoms with E-state index in [-0.39, 0.29) is 36.1 Å². The molecule has 6 bridgehead atoms. The lowest BCUT2D eigenvalue weighted by molar-refractivity contribution is -0.387. The van der Waals surface area contributed by atoms with Gasteiger partial charge in [-0.05, 0) is 55.8 Å². The standard InChI is InChI=1S/C26H26F6O5/c27-25(28,29)24(35,26(30,31)32)17-7-11-5-12(17)6-13(11)18-15-8-16-19(18)23(34)37-21(16)20(15)36-22(33)14-4-9-1-2-10(14)3-9/h1-2,6,9-12,14-21,35H,3-5,7-8H2. The molecule has 0 spiro atoms. The summed E-state index contributed by atoms with van der Waals surface area (Å²) in [7, 11) is 0. The number of carbonyl (C=O) groups is 2. The van der Waals surface area contributed by atoms with E-state index in [1.54, 1.807) is 0 Å². The number of hydrogen-bond donors (Lipinski definition) is 1. The van der Waals surface area contributed by atoms with Crippen molar-refractivity contribution in [3.63, 3.8) is 0 Å². The average Bonchev–Trinajstić information content (AvgIpc) is 3.64. The van der Waals surface area contributed by atoms with Gasteiger partial charge in [0.25, 0.3) is 5.60 Å². The topological polar surface area (TPSA) is 72.8 Å². The van der Waals surface area contributed by atoms with Gasteiger partial charge in [0.1, 0.15) is 12.2 Å². The fourth-order valence-corrected chi connectivity index (χ4v) is 9.23. The van der Waals surface area contributed by atoms with Gasteiger partial charge in [0, 0.05) is 23.7 Å². The van der Waals surface area contributed by atoms with Gasteiger partial charge < -0.3 is 14.6 Å². The SMILES string of the molecule is O=C(OC1C2CC3C1OC(=O)C3C2C1=CC2CC1CC2C(O)(C(F)(F)F)C(F)(F)F)C1CC2C=CC1C2.